The molecule has 27 heavy (non-hydrogen) atoms. The highest BCUT2D eigenvalue weighted by molar-refractivity contribution is 7.97. The summed E-state index contributed by atoms with van der Waals surface area (Å²) in [6, 6.07) is 7.29. The fraction of sp³-hybridized carbons (Fsp3) is 0.389. The number of halogens is 1. The minimum Gasteiger partial charge on any atom is -0.338 e. The zero-order valence-corrected chi connectivity index (χ0v) is 16.4. The third-order valence-electron chi connectivity index (χ3n) is 4.66. The Morgan fingerprint density at radius 2 is 1.89 bits per heavy atom. The van der Waals surface area contributed by atoms with Gasteiger partial charge in [0.1, 0.15) is 0 Å². The number of amides is 2. The largest absolute Gasteiger partial charge is 0.338 e. The topological polar surface area (TPSA) is 64.6 Å². The maximum Gasteiger partial charge on any atom is 0.332 e. The van der Waals surface area contributed by atoms with Gasteiger partial charge < -0.3 is 10.2 Å². The third-order valence-corrected chi connectivity index (χ3v) is 6.00. The predicted molar refractivity (Wildman–Crippen MR) is 108 cm³/mol. The van der Waals surface area contributed by atoms with Crippen molar-refractivity contribution in [3.8, 4) is 0 Å². The first-order valence-corrected chi connectivity index (χ1v) is 10.1. The number of urea groups is 1. The van der Waals surface area contributed by atoms with Crippen LogP contribution >= 0.6 is 23.5 Å². The van der Waals surface area contributed by atoms with Crippen molar-refractivity contribution in [2.75, 3.05) is 49.5 Å². The molecular formula is C18H21ClN6OS. The molecule has 7 nitrogen and oxygen atoms in total. The van der Waals surface area contributed by atoms with E-state index in [0.29, 0.717) is 11.6 Å². The number of anilines is 2. The average molecular weight is 405 g/mol. The molecule has 1 aromatic heterocycles. The van der Waals surface area contributed by atoms with Gasteiger partial charge in [0, 0.05) is 56.7 Å². The molecule has 1 saturated heterocycles. The number of carbonyl (C=O) groups is 1. The summed E-state index contributed by atoms with van der Waals surface area (Å²) in [4.78, 5) is 26.5. The van der Waals surface area contributed by atoms with Crippen molar-refractivity contribution in [1.29, 1.82) is 0 Å². The van der Waals surface area contributed by atoms with Crippen molar-refractivity contribution in [1.82, 2.24) is 19.2 Å². The Morgan fingerprint density at radius 3 is 2.67 bits per heavy atom. The lowest BCUT2D eigenvalue weighted by atomic mass is 10.3. The molecule has 142 valence electrons. The standard InChI is InChI=1S/C18H21ClN6OS/c19-14-3-4-15-16(13-14)27-25(18(26)22-15)8-2-7-23-9-11-24(12-10-23)17-20-5-1-6-21-17/h1,3-6,13H,2,7-12H2,(H,22,26). The van der Waals surface area contributed by atoms with Gasteiger partial charge in [-0.15, -0.1) is 0 Å². The lowest BCUT2D eigenvalue weighted by Gasteiger charge is -2.35. The molecule has 0 spiro atoms. The lowest BCUT2D eigenvalue weighted by Crippen LogP contribution is -2.47. The maximum atomic E-state index is 12.3. The SMILES string of the molecule is O=C1Nc2ccc(Cl)cc2SN1CCCN1CCN(c2ncccn2)CC1. The molecule has 3 heterocycles. The van der Waals surface area contributed by atoms with Crippen LogP contribution in [0.2, 0.25) is 5.02 Å². The van der Waals surface area contributed by atoms with Gasteiger partial charge in [-0.25, -0.2) is 14.8 Å². The third kappa shape index (κ3) is 4.45. The Bertz CT molecular complexity index is 800. The Hall–Kier alpha value is -2.03. The summed E-state index contributed by atoms with van der Waals surface area (Å²) in [5.74, 6) is 0.802. The number of hydrogen-bond donors (Lipinski definition) is 1. The van der Waals surface area contributed by atoms with Gasteiger partial charge in [0.2, 0.25) is 5.95 Å². The summed E-state index contributed by atoms with van der Waals surface area (Å²) in [6.07, 6.45) is 4.49. The Labute approximate surface area is 167 Å². The molecule has 0 aliphatic carbocycles. The van der Waals surface area contributed by atoms with Crippen molar-refractivity contribution in [2.24, 2.45) is 0 Å². The van der Waals surface area contributed by atoms with Crippen LogP contribution in [-0.2, 0) is 0 Å². The Morgan fingerprint density at radius 1 is 1.11 bits per heavy atom. The first-order valence-electron chi connectivity index (χ1n) is 8.99. The molecule has 0 bridgehead atoms. The van der Waals surface area contributed by atoms with E-state index in [-0.39, 0.29) is 6.03 Å². The fourth-order valence-electron chi connectivity index (χ4n) is 3.22. The van der Waals surface area contributed by atoms with E-state index in [1.807, 2.05) is 18.2 Å². The van der Waals surface area contributed by atoms with Crippen molar-refractivity contribution < 1.29 is 4.79 Å². The van der Waals surface area contributed by atoms with Gasteiger partial charge in [-0.2, -0.15) is 0 Å². The summed E-state index contributed by atoms with van der Waals surface area (Å²) >= 11 is 7.52. The lowest BCUT2D eigenvalue weighted by molar-refractivity contribution is 0.228. The number of nitrogens with one attached hydrogen (secondary N) is 1. The molecule has 0 atom stereocenters. The van der Waals surface area contributed by atoms with Crippen LogP contribution in [-0.4, -0.2) is 64.5 Å². The Balaban J connectivity index is 1.23. The minimum atomic E-state index is -0.0686. The summed E-state index contributed by atoms with van der Waals surface area (Å²) in [5, 5.41) is 3.60. The summed E-state index contributed by atoms with van der Waals surface area (Å²) in [6.45, 7) is 5.48. The number of hydrogen-bond acceptors (Lipinski definition) is 6. The van der Waals surface area contributed by atoms with E-state index in [9.17, 15) is 4.79 Å². The van der Waals surface area contributed by atoms with Gasteiger partial charge in [0.05, 0.1) is 10.6 Å². The second kappa shape index (κ2) is 8.33. The number of nitrogens with zero attached hydrogens (tertiary/aromatic N) is 5. The van der Waals surface area contributed by atoms with Crippen molar-refractivity contribution in [2.45, 2.75) is 11.3 Å². The van der Waals surface area contributed by atoms with Crippen LogP contribution in [0.3, 0.4) is 0 Å². The van der Waals surface area contributed by atoms with Crippen LogP contribution in [0.15, 0.2) is 41.6 Å². The van der Waals surface area contributed by atoms with Gasteiger partial charge in [-0.1, -0.05) is 11.6 Å². The summed E-state index contributed by atoms with van der Waals surface area (Å²) < 4.78 is 1.77. The van der Waals surface area contributed by atoms with Crippen LogP contribution in [0.1, 0.15) is 6.42 Å². The molecule has 2 amide bonds. The zero-order chi connectivity index (χ0) is 18.6. The zero-order valence-electron chi connectivity index (χ0n) is 14.8. The molecule has 0 radical (unpaired) electrons. The van der Waals surface area contributed by atoms with E-state index in [0.717, 1.165) is 55.7 Å². The molecule has 0 saturated carbocycles. The first kappa shape index (κ1) is 18.3. The molecular weight excluding hydrogens is 384 g/mol. The van der Waals surface area contributed by atoms with Crippen LogP contribution in [0.25, 0.3) is 0 Å². The van der Waals surface area contributed by atoms with Crippen LogP contribution in [0, 0.1) is 0 Å². The van der Waals surface area contributed by atoms with Crippen molar-refractivity contribution in [3.63, 3.8) is 0 Å². The minimum absolute atomic E-state index is 0.0686. The van der Waals surface area contributed by atoms with Gasteiger partial charge >= 0.3 is 6.03 Å². The van der Waals surface area contributed by atoms with E-state index in [2.05, 4.69) is 25.1 Å². The van der Waals surface area contributed by atoms with Crippen molar-refractivity contribution in [3.05, 3.63) is 41.7 Å². The van der Waals surface area contributed by atoms with Gasteiger partial charge in [0.25, 0.3) is 0 Å². The van der Waals surface area contributed by atoms with E-state index in [1.165, 1.54) is 11.9 Å². The number of aromatic nitrogens is 2. The highest BCUT2D eigenvalue weighted by Gasteiger charge is 2.24. The summed E-state index contributed by atoms with van der Waals surface area (Å²) in [5.41, 5.74) is 0.824. The highest BCUT2D eigenvalue weighted by Crippen LogP contribution is 2.36. The number of piperazine rings is 1. The van der Waals surface area contributed by atoms with E-state index >= 15 is 0 Å². The quantitative estimate of drug-likeness (QED) is 0.772. The fourth-order valence-corrected chi connectivity index (χ4v) is 4.44. The summed E-state index contributed by atoms with van der Waals surface area (Å²) in [7, 11) is 0. The predicted octanol–water partition coefficient (Wildman–Crippen LogP) is 3.20. The highest BCUT2D eigenvalue weighted by atomic mass is 35.5. The molecule has 2 aliphatic rings. The molecule has 0 unspecified atom stereocenters. The second-order valence-corrected chi connectivity index (χ2v) is 7.99. The van der Waals surface area contributed by atoms with Crippen molar-refractivity contribution >= 4 is 41.2 Å². The maximum absolute atomic E-state index is 12.3. The number of rotatable bonds is 5. The monoisotopic (exact) mass is 404 g/mol. The molecule has 4 rings (SSSR count). The van der Waals surface area contributed by atoms with Crippen LogP contribution in [0.4, 0.5) is 16.4 Å². The number of benzene rings is 1. The van der Waals surface area contributed by atoms with Gasteiger partial charge in [-0.05, 0) is 42.6 Å². The number of carbonyl (C=O) groups excluding carboxylic acids is 1. The molecule has 9 heteroatoms. The molecule has 1 fully saturated rings. The van der Waals surface area contributed by atoms with E-state index in [1.54, 1.807) is 22.8 Å². The number of fused-ring (bicyclic) bond motifs is 1. The molecule has 1 aromatic carbocycles. The molecule has 2 aromatic rings. The van der Waals surface area contributed by atoms with E-state index < -0.39 is 0 Å². The average Bonchev–Trinajstić information content (AvgIpc) is 2.70. The van der Waals surface area contributed by atoms with Crippen LogP contribution < -0.4 is 10.2 Å². The first-order chi connectivity index (χ1) is 13.2. The second-order valence-electron chi connectivity index (χ2n) is 6.50. The molecule has 2 aliphatic heterocycles. The Kier molecular flexibility index (Phi) is 5.66. The smallest absolute Gasteiger partial charge is 0.332 e. The van der Waals surface area contributed by atoms with E-state index in [4.69, 9.17) is 11.6 Å². The van der Waals surface area contributed by atoms with Crippen LogP contribution in [0.5, 0.6) is 0 Å². The normalized spacial score (nSPS) is 17.6. The van der Waals surface area contributed by atoms with Gasteiger partial charge in [-0.3, -0.25) is 9.21 Å². The molecule has 1 N–H and O–H groups in total. The van der Waals surface area contributed by atoms with Gasteiger partial charge in [0.15, 0.2) is 0 Å².